The van der Waals surface area contributed by atoms with Crippen molar-refractivity contribution in [2.45, 2.75) is 6.92 Å². The lowest BCUT2D eigenvalue weighted by atomic mass is 10.1. The van der Waals surface area contributed by atoms with E-state index in [1.807, 2.05) is 0 Å². The summed E-state index contributed by atoms with van der Waals surface area (Å²) in [6.07, 6.45) is 0. The van der Waals surface area contributed by atoms with Crippen LogP contribution in [-0.4, -0.2) is 11.0 Å². The molecule has 0 spiro atoms. The molecule has 19 heavy (non-hydrogen) atoms. The highest BCUT2D eigenvalue weighted by atomic mass is 35.5. The van der Waals surface area contributed by atoms with Gasteiger partial charge in [0.15, 0.2) is 0 Å². The van der Waals surface area contributed by atoms with Crippen molar-refractivity contribution in [2.24, 2.45) is 0 Å². The molecule has 0 bridgehead atoms. The lowest BCUT2D eigenvalue weighted by molar-refractivity contribution is 0.102. The quantitative estimate of drug-likeness (QED) is 0.823. The minimum absolute atomic E-state index is 0.0624. The smallest absolute Gasteiger partial charge is 0.257 e. The number of hydrogen-bond acceptors (Lipinski definition) is 2. The molecule has 3 nitrogen and oxygen atoms in total. The molecule has 0 aromatic heterocycles. The second-order valence-electron chi connectivity index (χ2n) is 4.06. The number of anilines is 1. The number of phenols is 1. The SMILES string of the molecule is Cc1cc(NC(=O)c2cccc(F)c2Cl)ccc1O. The lowest BCUT2D eigenvalue weighted by Gasteiger charge is -2.08. The summed E-state index contributed by atoms with van der Waals surface area (Å²) >= 11 is 5.73. The van der Waals surface area contributed by atoms with Gasteiger partial charge >= 0.3 is 0 Å². The van der Waals surface area contributed by atoms with Gasteiger partial charge in [0.25, 0.3) is 5.91 Å². The highest BCUT2D eigenvalue weighted by Crippen LogP contribution is 2.23. The zero-order valence-electron chi connectivity index (χ0n) is 10.1. The van der Waals surface area contributed by atoms with Crippen LogP contribution in [0.15, 0.2) is 36.4 Å². The van der Waals surface area contributed by atoms with E-state index < -0.39 is 11.7 Å². The van der Waals surface area contributed by atoms with Crippen LogP contribution in [0, 0.1) is 12.7 Å². The van der Waals surface area contributed by atoms with E-state index in [0.717, 1.165) is 0 Å². The Balaban J connectivity index is 2.26. The standard InChI is InChI=1S/C14H11ClFNO2/c1-8-7-9(5-6-12(8)18)17-14(19)10-3-2-4-11(16)13(10)15/h2-7,18H,1H3,(H,17,19). The fraction of sp³-hybridized carbons (Fsp3) is 0.0714. The predicted molar refractivity (Wildman–Crippen MR) is 72.2 cm³/mol. The van der Waals surface area contributed by atoms with Gasteiger partial charge in [0, 0.05) is 5.69 Å². The molecule has 2 N–H and O–H groups in total. The summed E-state index contributed by atoms with van der Waals surface area (Å²) in [6, 6.07) is 8.67. The Kier molecular flexibility index (Phi) is 3.71. The van der Waals surface area contributed by atoms with Crippen LogP contribution in [0.4, 0.5) is 10.1 Å². The van der Waals surface area contributed by atoms with Gasteiger partial charge < -0.3 is 10.4 Å². The maximum absolute atomic E-state index is 13.3. The first-order chi connectivity index (χ1) is 8.99. The average Bonchev–Trinajstić information content (AvgIpc) is 2.37. The number of rotatable bonds is 2. The van der Waals surface area contributed by atoms with Gasteiger partial charge in [-0.1, -0.05) is 17.7 Å². The Labute approximate surface area is 114 Å². The molecular formula is C14H11ClFNO2. The van der Waals surface area contributed by atoms with Crippen LogP contribution in [0.2, 0.25) is 5.02 Å². The molecule has 0 atom stereocenters. The summed E-state index contributed by atoms with van der Waals surface area (Å²) in [7, 11) is 0. The van der Waals surface area contributed by atoms with Crippen molar-refractivity contribution in [3.05, 3.63) is 58.4 Å². The zero-order chi connectivity index (χ0) is 14.0. The second-order valence-corrected chi connectivity index (χ2v) is 4.43. The summed E-state index contributed by atoms with van der Waals surface area (Å²) in [5, 5.41) is 11.8. The van der Waals surface area contributed by atoms with Gasteiger partial charge in [-0.3, -0.25) is 4.79 Å². The molecule has 2 rings (SSSR count). The number of nitrogens with one attached hydrogen (secondary N) is 1. The molecule has 2 aromatic carbocycles. The first kappa shape index (κ1) is 13.4. The molecule has 2 aromatic rings. The Hall–Kier alpha value is -2.07. The van der Waals surface area contributed by atoms with Crippen molar-refractivity contribution in [2.75, 3.05) is 5.32 Å². The van der Waals surface area contributed by atoms with Gasteiger partial charge in [0.1, 0.15) is 11.6 Å². The van der Waals surface area contributed by atoms with Gasteiger partial charge in [0.2, 0.25) is 0 Å². The number of carbonyl (C=O) groups is 1. The summed E-state index contributed by atoms with van der Waals surface area (Å²) in [4.78, 5) is 12.0. The van der Waals surface area contributed by atoms with E-state index in [0.29, 0.717) is 11.3 Å². The molecule has 0 aliphatic heterocycles. The molecule has 5 heteroatoms. The van der Waals surface area contributed by atoms with E-state index >= 15 is 0 Å². The second kappa shape index (κ2) is 5.28. The number of halogens is 2. The maximum atomic E-state index is 13.3. The predicted octanol–water partition coefficient (Wildman–Crippen LogP) is 3.75. The normalized spacial score (nSPS) is 10.3. The Morgan fingerprint density at radius 1 is 1.32 bits per heavy atom. The monoisotopic (exact) mass is 279 g/mol. The van der Waals surface area contributed by atoms with E-state index in [9.17, 15) is 14.3 Å². The van der Waals surface area contributed by atoms with Crippen molar-refractivity contribution in [3.63, 3.8) is 0 Å². The molecule has 1 amide bonds. The van der Waals surface area contributed by atoms with Gasteiger partial charge in [0.05, 0.1) is 10.6 Å². The summed E-state index contributed by atoms with van der Waals surface area (Å²) in [6.45, 7) is 1.71. The fourth-order valence-corrected chi connectivity index (χ4v) is 1.82. The lowest BCUT2D eigenvalue weighted by Crippen LogP contribution is -2.13. The first-order valence-electron chi connectivity index (χ1n) is 5.54. The fourth-order valence-electron chi connectivity index (χ4n) is 1.61. The van der Waals surface area contributed by atoms with E-state index in [2.05, 4.69) is 5.32 Å². The zero-order valence-corrected chi connectivity index (χ0v) is 10.8. The van der Waals surface area contributed by atoms with Gasteiger partial charge in [-0.15, -0.1) is 0 Å². The third kappa shape index (κ3) is 2.85. The molecule has 0 saturated carbocycles. The molecule has 98 valence electrons. The van der Waals surface area contributed by atoms with E-state index in [1.54, 1.807) is 19.1 Å². The number of hydrogen-bond donors (Lipinski definition) is 2. The average molecular weight is 280 g/mol. The molecule has 0 aliphatic rings. The highest BCUT2D eigenvalue weighted by molar-refractivity contribution is 6.34. The first-order valence-corrected chi connectivity index (χ1v) is 5.92. The molecule has 0 saturated heterocycles. The van der Waals surface area contributed by atoms with Crippen molar-refractivity contribution in [1.29, 1.82) is 0 Å². The number of phenolic OH excluding ortho intramolecular Hbond substituents is 1. The summed E-state index contributed by atoms with van der Waals surface area (Å²) < 4.78 is 13.3. The van der Waals surface area contributed by atoms with Crippen molar-refractivity contribution in [1.82, 2.24) is 0 Å². The number of amides is 1. The Bertz CT molecular complexity index is 643. The minimum Gasteiger partial charge on any atom is -0.508 e. The van der Waals surface area contributed by atoms with Crippen LogP contribution in [0.3, 0.4) is 0 Å². The van der Waals surface area contributed by atoms with E-state index in [-0.39, 0.29) is 16.3 Å². The number of carbonyl (C=O) groups excluding carboxylic acids is 1. The van der Waals surface area contributed by atoms with Crippen molar-refractivity contribution >= 4 is 23.2 Å². The van der Waals surface area contributed by atoms with Crippen LogP contribution < -0.4 is 5.32 Å². The topological polar surface area (TPSA) is 49.3 Å². The largest absolute Gasteiger partial charge is 0.508 e. The van der Waals surface area contributed by atoms with Crippen LogP contribution in [0.5, 0.6) is 5.75 Å². The Morgan fingerprint density at radius 3 is 2.74 bits per heavy atom. The van der Waals surface area contributed by atoms with E-state index in [4.69, 9.17) is 11.6 Å². The molecule has 0 heterocycles. The highest BCUT2D eigenvalue weighted by Gasteiger charge is 2.13. The molecule has 0 unspecified atom stereocenters. The van der Waals surface area contributed by atoms with Crippen molar-refractivity contribution < 1.29 is 14.3 Å². The van der Waals surface area contributed by atoms with Gasteiger partial charge in [-0.05, 0) is 42.8 Å². The third-order valence-corrected chi connectivity index (χ3v) is 3.04. The number of aromatic hydroxyl groups is 1. The molecule has 0 aliphatic carbocycles. The van der Waals surface area contributed by atoms with Crippen LogP contribution in [0.1, 0.15) is 15.9 Å². The van der Waals surface area contributed by atoms with Crippen molar-refractivity contribution in [3.8, 4) is 5.75 Å². The molecule has 0 fully saturated rings. The molecular weight excluding hydrogens is 269 g/mol. The number of benzene rings is 2. The number of aryl methyl sites for hydroxylation is 1. The van der Waals surface area contributed by atoms with Crippen LogP contribution in [-0.2, 0) is 0 Å². The minimum atomic E-state index is -0.642. The van der Waals surface area contributed by atoms with Gasteiger partial charge in [-0.2, -0.15) is 0 Å². The molecule has 0 radical (unpaired) electrons. The summed E-state index contributed by atoms with van der Waals surface area (Å²) in [5.74, 6) is -1.01. The van der Waals surface area contributed by atoms with Crippen LogP contribution in [0.25, 0.3) is 0 Å². The van der Waals surface area contributed by atoms with Crippen LogP contribution >= 0.6 is 11.6 Å². The third-order valence-electron chi connectivity index (χ3n) is 2.65. The van der Waals surface area contributed by atoms with E-state index in [1.165, 1.54) is 24.3 Å². The maximum Gasteiger partial charge on any atom is 0.257 e. The van der Waals surface area contributed by atoms with Gasteiger partial charge in [-0.25, -0.2) is 4.39 Å². The Morgan fingerprint density at radius 2 is 2.05 bits per heavy atom. The summed E-state index contributed by atoms with van der Waals surface area (Å²) in [5.41, 5.74) is 1.19.